The van der Waals surface area contributed by atoms with Gasteiger partial charge in [0.25, 0.3) is 10.1 Å². The van der Waals surface area contributed by atoms with Crippen LogP contribution in [0.3, 0.4) is 0 Å². The van der Waals surface area contributed by atoms with Crippen LogP contribution >= 0.6 is 0 Å². The molecule has 0 saturated heterocycles. The van der Waals surface area contributed by atoms with Gasteiger partial charge in [0.1, 0.15) is 6.10 Å². The molecule has 0 aliphatic rings. The largest absolute Gasteiger partial charge is 0.481 e. The summed E-state index contributed by atoms with van der Waals surface area (Å²) in [5.74, 6) is -1.13. The molecule has 0 fully saturated rings. The average Bonchev–Trinajstić information content (AvgIpc) is 2.48. The first-order valence-corrected chi connectivity index (χ1v) is 7.65. The molecule has 0 aliphatic carbocycles. The number of aliphatic carboxylic acids is 1. The van der Waals surface area contributed by atoms with Crippen LogP contribution in [0.25, 0.3) is 0 Å². The fourth-order valence-electron chi connectivity index (χ4n) is 1.83. The minimum Gasteiger partial charge on any atom is -0.481 e. The highest BCUT2D eigenvalue weighted by Gasteiger charge is 2.25. The number of hydrogen-bond donors (Lipinski definition) is 1. The van der Waals surface area contributed by atoms with Crippen LogP contribution in [-0.2, 0) is 19.1 Å². The van der Waals surface area contributed by atoms with E-state index in [1.54, 1.807) is 48.5 Å². The summed E-state index contributed by atoms with van der Waals surface area (Å²) < 4.78 is 29.5. The topological polar surface area (TPSA) is 80.7 Å². The monoisotopic (exact) mass is 306 g/mol. The number of carboxylic acid groups (broad SMARTS) is 1. The lowest BCUT2D eigenvalue weighted by Crippen LogP contribution is -2.15. The smallest absolute Gasteiger partial charge is 0.306 e. The Kier molecular flexibility index (Phi) is 4.72. The van der Waals surface area contributed by atoms with E-state index in [-0.39, 0.29) is 4.90 Å². The van der Waals surface area contributed by atoms with Gasteiger partial charge >= 0.3 is 5.97 Å². The maximum Gasteiger partial charge on any atom is 0.306 e. The molecule has 0 spiro atoms. The van der Waals surface area contributed by atoms with Crippen LogP contribution in [0.5, 0.6) is 0 Å². The third-order valence-corrected chi connectivity index (χ3v) is 4.14. The van der Waals surface area contributed by atoms with Gasteiger partial charge < -0.3 is 5.11 Å². The molecule has 1 unspecified atom stereocenters. The Balaban J connectivity index is 2.29. The Morgan fingerprint density at radius 1 is 1.00 bits per heavy atom. The average molecular weight is 306 g/mol. The summed E-state index contributed by atoms with van der Waals surface area (Å²) in [5.41, 5.74) is 0.499. The highest BCUT2D eigenvalue weighted by atomic mass is 32.2. The fourth-order valence-corrected chi connectivity index (χ4v) is 2.92. The van der Waals surface area contributed by atoms with Crippen molar-refractivity contribution in [2.75, 3.05) is 0 Å². The van der Waals surface area contributed by atoms with Gasteiger partial charge in [-0.25, -0.2) is 0 Å². The molecule has 1 N–H and O–H groups in total. The third kappa shape index (κ3) is 4.14. The van der Waals surface area contributed by atoms with Gasteiger partial charge in [-0.15, -0.1) is 0 Å². The normalized spacial score (nSPS) is 12.8. The molecule has 0 aromatic heterocycles. The van der Waals surface area contributed by atoms with Crippen LogP contribution in [-0.4, -0.2) is 19.5 Å². The van der Waals surface area contributed by atoms with Crippen LogP contribution < -0.4 is 0 Å². The van der Waals surface area contributed by atoms with Gasteiger partial charge in [0.2, 0.25) is 0 Å². The zero-order chi connectivity index (χ0) is 15.3. The molecule has 5 nitrogen and oxygen atoms in total. The Hall–Kier alpha value is -2.18. The van der Waals surface area contributed by atoms with Gasteiger partial charge in [0.15, 0.2) is 0 Å². The van der Waals surface area contributed by atoms with Crippen LogP contribution in [0, 0.1) is 0 Å². The summed E-state index contributed by atoms with van der Waals surface area (Å²) in [6.07, 6.45) is -1.50. The van der Waals surface area contributed by atoms with Gasteiger partial charge in [-0.05, 0) is 17.7 Å². The first kappa shape index (κ1) is 15.2. The van der Waals surface area contributed by atoms with Crippen molar-refractivity contribution in [3.8, 4) is 0 Å². The van der Waals surface area contributed by atoms with Gasteiger partial charge in [-0.2, -0.15) is 8.42 Å². The van der Waals surface area contributed by atoms with E-state index in [9.17, 15) is 13.2 Å². The van der Waals surface area contributed by atoms with E-state index in [1.807, 2.05) is 0 Å². The van der Waals surface area contributed by atoms with Crippen LogP contribution in [0.15, 0.2) is 65.6 Å². The molecule has 0 amide bonds. The summed E-state index contributed by atoms with van der Waals surface area (Å²) >= 11 is 0. The van der Waals surface area contributed by atoms with Crippen molar-refractivity contribution >= 4 is 16.1 Å². The van der Waals surface area contributed by atoms with Crippen molar-refractivity contribution in [3.05, 3.63) is 66.2 Å². The van der Waals surface area contributed by atoms with E-state index in [0.29, 0.717) is 5.56 Å². The Morgan fingerprint density at radius 3 is 2.05 bits per heavy atom. The molecule has 6 heteroatoms. The van der Waals surface area contributed by atoms with E-state index in [1.165, 1.54) is 12.1 Å². The number of benzene rings is 2. The second-order valence-electron chi connectivity index (χ2n) is 4.36. The summed E-state index contributed by atoms with van der Waals surface area (Å²) in [5, 5.41) is 8.94. The lowest BCUT2D eigenvalue weighted by Gasteiger charge is -2.16. The molecule has 0 radical (unpaired) electrons. The molecule has 0 bridgehead atoms. The Labute approximate surface area is 122 Å². The van der Waals surface area contributed by atoms with Gasteiger partial charge in [0.05, 0.1) is 11.3 Å². The molecular weight excluding hydrogens is 292 g/mol. The maximum atomic E-state index is 12.2. The summed E-state index contributed by atoms with van der Waals surface area (Å²) in [7, 11) is -4.02. The van der Waals surface area contributed by atoms with Gasteiger partial charge in [0, 0.05) is 0 Å². The summed E-state index contributed by atoms with van der Waals surface area (Å²) in [6, 6.07) is 16.1. The molecule has 0 heterocycles. The van der Waals surface area contributed by atoms with Crippen molar-refractivity contribution < 1.29 is 22.5 Å². The molecule has 21 heavy (non-hydrogen) atoms. The SMILES string of the molecule is O=C(O)CC(OS(=O)(=O)c1ccccc1)c1ccccc1. The molecule has 2 aromatic carbocycles. The van der Waals surface area contributed by atoms with E-state index < -0.39 is 28.6 Å². The third-order valence-electron chi connectivity index (χ3n) is 2.81. The molecule has 0 saturated carbocycles. The molecular formula is C15H14O5S. The highest BCUT2D eigenvalue weighted by Crippen LogP contribution is 2.26. The Morgan fingerprint density at radius 2 is 1.52 bits per heavy atom. The first-order valence-electron chi connectivity index (χ1n) is 6.24. The first-order chi connectivity index (χ1) is 9.99. The fraction of sp³-hybridized carbons (Fsp3) is 0.133. The standard InChI is InChI=1S/C15H14O5S/c16-15(17)11-14(12-7-3-1-4-8-12)20-21(18,19)13-9-5-2-6-10-13/h1-10,14H,11H2,(H,16,17). The molecule has 0 aliphatic heterocycles. The van der Waals surface area contributed by atoms with Gasteiger partial charge in [-0.1, -0.05) is 48.5 Å². The second kappa shape index (κ2) is 6.51. The van der Waals surface area contributed by atoms with Crippen molar-refractivity contribution in [3.63, 3.8) is 0 Å². The summed E-state index contributed by atoms with van der Waals surface area (Å²) in [4.78, 5) is 10.9. The quantitative estimate of drug-likeness (QED) is 0.830. The minimum absolute atomic E-state index is 0.00341. The predicted octanol–water partition coefficient (Wildman–Crippen LogP) is 2.61. The lowest BCUT2D eigenvalue weighted by molar-refractivity contribution is -0.138. The zero-order valence-electron chi connectivity index (χ0n) is 11.0. The van der Waals surface area contributed by atoms with E-state index in [2.05, 4.69) is 0 Å². The van der Waals surface area contributed by atoms with E-state index >= 15 is 0 Å². The van der Waals surface area contributed by atoms with Crippen molar-refractivity contribution in [2.45, 2.75) is 17.4 Å². The van der Waals surface area contributed by atoms with Crippen LogP contribution in [0.2, 0.25) is 0 Å². The molecule has 110 valence electrons. The van der Waals surface area contributed by atoms with Crippen LogP contribution in [0.1, 0.15) is 18.1 Å². The van der Waals surface area contributed by atoms with E-state index in [4.69, 9.17) is 9.29 Å². The Bertz CT molecular complexity index is 695. The molecule has 1 atom stereocenters. The lowest BCUT2D eigenvalue weighted by atomic mass is 10.1. The van der Waals surface area contributed by atoms with Crippen molar-refractivity contribution in [2.24, 2.45) is 0 Å². The van der Waals surface area contributed by atoms with Crippen LogP contribution in [0.4, 0.5) is 0 Å². The predicted molar refractivity (Wildman–Crippen MR) is 76.1 cm³/mol. The minimum atomic E-state index is -4.02. The molecule has 2 aromatic rings. The van der Waals surface area contributed by atoms with E-state index in [0.717, 1.165) is 0 Å². The second-order valence-corrected chi connectivity index (χ2v) is 5.93. The highest BCUT2D eigenvalue weighted by molar-refractivity contribution is 7.86. The summed E-state index contributed by atoms with van der Waals surface area (Å²) in [6.45, 7) is 0. The maximum absolute atomic E-state index is 12.2. The number of carboxylic acids is 1. The zero-order valence-corrected chi connectivity index (χ0v) is 11.9. The number of rotatable bonds is 6. The van der Waals surface area contributed by atoms with Crippen molar-refractivity contribution in [1.29, 1.82) is 0 Å². The number of carbonyl (C=O) groups is 1. The molecule has 2 rings (SSSR count). The van der Waals surface area contributed by atoms with Gasteiger partial charge in [-0.3, -0.25) is 8.98 Å². The van der Waals surface area contributed by atoms with Crippen molar-refractivity contribution in [1.82, 2.24) is 0 Å². The number of hydrogen-bond acceptors (Lipinski definition) is 4.